The van der Waals surface area contributed by atoms with Crippen LogP contribution in [0.15, 0.2) is 4.99 Å². The number of hydrogen-bond acceptors (Lipinski definition) is 2. The minimum atomic E-state index is 0.616. The van der Waals surface area contributed by atoms with E-state index in [1.54, 1.807) is 0 Å². The lowest BCUT2D eigenvalue weighted by molar-refractivity contribution is 0.244. The molecule has 0 aromatic rings. The molecule has 1 rings (SSSR count). The van der Waals surface area contributed by atoms with E-state index in [2.05, 4.69) is 11.9 Å². The first-order chi connectivity index (χ1) is 3.39. The summed E-state index contributed by atoms with van der Waals surface area (Å²) in [6, 6.07) is 0. The Hall–Kier alpha value is -0.530. The number of ether oxygens (including phenoxy) is 1. The maximum absolute atomic E-state index is 4.89. The van der Waals surface area contributed by atoms with Gasteiger partial charge in [0.15, 0.2) is 6.40 Å². The number of nitrogens with zero attached hydrogens (tertiary/aromatic N) is 1. The molecular weight excluding hydrogens is 90.1 g/mol. The maximum atomic E-state index is 4.89. The molecule has 2 nitrogen and oxygen atoms in total. The third-order valence-corrected chi connectivity index (χ3v) is 0.947. The van der Waals surface area contributed by atoms with Gasteiger partial charge < -0.3 is 4.74 Å². The van der Waals surface area contributed by atoms with E-state index in [9.17, 15) is 0 Å². The Kier molecular flexibility index (Phi) is 1.29. The number of aliphatic imine (C=N–C) groups is 1. The summed E-state index contributed by atoms with van der Waals surface area (Å²) in [5.41, 5.74) is 0. The van der Waals surface area contributed by atoms with E-state index in [4.69, 9.17) is 4.74 Å². The Morgan fingerprint density at radius 3 is 3.00 bits per heavy atom. The molecule has 0 bridgehead atoms. The van der Waals surface area contributed by atoms with E-state index in [0.717, 1.165) is 13.2 Å². The second kappa shape index (κ2) is 1.96. The molecule has 0 aromatic heterocycles. The van der Waals surface area contributed by atoms with E-state index in [1.807, 2.05) is 0 Å². The van der Waals surface area contributed by atoms with Crippen LogP contribution in [0.25, 0.3) is 0 Å². The topological polar surface area (TPSA) is 21.6 Å². The number of rotatable bonds is 0. The molecule has 0 aromatic carbocycles. The predicted octanol–water partition coefficient (Wildman–Crippen LogP) is 0.681. The van der Waals surface area contributed by atoms with Gasteiger partial charge in [0.25, 0.3) is 0 Å². The van der Waals surface area contributed by atoms with Crippen LogP contribution >= 0.6 is 0 Å². The van der Waals surface area contributed by atoms with Crippen LogP contribution in [0.5, 0.6) is 0 Å². The molecule has 0 saturated carbocycles. The van der Waals surface area contributed by atoms with E-state index in [0.29, 0.717) is 5.92 Å². The van der Waals surface area contributed by atoms with Crippen molar-refractivity contribution >= 4 is 6.40 Å². The lowest BCUT2D eigenvalue weighted by Crippen LogP contribution is -2.13. The van der Waals surface area contributed by atoms with Crippen LogP contribution in [-0.2, 0) is 4.74 Å². The molecule has 1 aliphatic rings. The van der Waals surface area contributed by atoms with Crippen molar-refractivity contribution in [3.05, 3.63) is 0 Å². The summed E-state index contributed by atoms with van der Waals surface area (Å²) >= 11 is 0. The monoisotopic (exact) mass is 99.1 g/mol. The van der Waals surface area contributed by atoms with Gasteiger partial charge in [-0.3, -0.25) is 4.99 Å². The third kappa shape index (κ3) is 1.18. The SMILES string of the molecule is C[C@H]1CN=COC1. The second-order valence-corrected chi connectivity index (χ2v) is 1.91. The molecule has 0 N–H and O–H groups in total. The Morgan fingerprint density at radius 2 is 2.71 bits per heavy atom. The van der Waals surface area contributed by atoms with Gasteiger partial charge in [0.1, 0.15) is 0 Å². The van der Waals surface area contributed by atoms with Crippen molar-refractivity contribution in [2.24, 2.45) is 10.9 Å². The predicted molar refractivity (Wildman–Crippen MR) is 28.5 cm³/mol. The molecule has 7 heavy (non-hydrogen) atoms. The van der Waals surface area contributed by atoms with Gasteiger partial charge in [-0.2, -0.15) is 0 Å². The zero-order chi connectivity index (χ0) is 5.11. The maximum Gasteiger partial charge on any atom is 0.169 e. The molecule has 0 amide bonds. The summed E-state index contributed by atoms with van der Waals surface area (Å²) in [5, 5.41) is 0. The highest BCUT2D eigenvalue weighted by Gasteiger charge is 2.02. The molecule has 0 aliphatic carbocycles. The Morgan fingerprint density at radius 1 is 1.86 bits per heavy atom. The molecule has 1 aliphatic heterocycles. The van der Waals surface area contributed by atoms with Gasteiger partial charge in [-0.05, 0) is 0 Å². The van der Waals surface area contributed by atoms with Gasteiger partial charge in [0.2, 0.25) is 0 Å². The van der Waals surface area contributed by atoms with Crippen LogP contribution in [0.2, 0.25) is 0 Å². The van der Waals surface area contributed by atoms with Crippen LogP contribution in [0.3, 0.4) is 0 Å². The Labute approximate surface area is 43.2 Å². The van der Waals surface area contributed by atoms with E-state index >= 15 is 0 Å². The minimum Gasteiger partial charge on any atom is -0.483 e. The van der Waals surface area contributed by atoms with E-state index < -0.39 is 0 Å². The normalized spacial score (nSPS) is 29.6. The first kappa shape index (κ1) is 4.62. The highest BCUT2D eigenvalue weighted by molar-refractivity contribution is 5.46. The first-order valence-electron chi connectivity index (χ1n) is 2.49. The third-order valence-electron chi connectivity index (χ3n) is 0.947. The Balaban J connectivity index is 2.32. The summed E-state index contributed by atoms with van der Waals surface area (Å²) in [6.07, 6.45) is 1.53. The second-order valence-electron chi connectivity index (χ2n) is 1.91. The fraction of sp³-hybridized carbons (Fsp3) is 0.800. The van der Waals surface area contributed by atoms with Crippen molar-refractivity contribution in [1.82, 2.24) is 0 Å². The molecule has 0 spiro atoms. The molecule has 40 valence electrons. The molecule has 1 atom stereocenters. The lowest BCUT2D eigenvalue weighted by atomic mass is 10.2. The van der Waals surface area contributed by atoms with Crippen molar-refractivity contribution in [2.75, 3.05) is 13.2 Å². The van der Waals surface area contributed by atoms with Crippen molar-refractivity contribution in [2.45, 2.75) is 6.92 Å². The highest BCUT2D eigenvalue weighted by atomic mass is 16.5. The number of hydrogen-bond donors (Lipinski definition) is 0. The van der Waals surface area contributed by atoms with Crippen LogP contribution in [0.4, 0.5) is 0 Å². The van der Waals surface area contributed by atoms with Crippen LogP contribution in [0.1, 0.15) is 6.92 Å². The largest absolute Gasteiger partial charge is 0.483 e. The lowest BCUT2D eigenvalue weighted by Gasteiger charge is -2.10. The summed E-state index contributed by atoms with van der Waals surface area (Å²) in [4.78, 5) is 3.91. The van der Waals surface area contributed by atoms with E-state index in [1.165, 1.54) is 6.40 Å². The fourth-order valence-corrected chi connectivity index (χ4v) is 0.536. The van der Waals surface area contributed by atoms with Crippen LogP contribution < -0.4 is 0 Å². The average Bonchev–Trinajstić information content (AvgIpc) is 1.69. The molecular formula is C5H9NO. The van der Waals surface area contributed by atoms with Crippen molar-refractivity contribution in [3.63, 3.8) is 0 Å². The van der Waals surface area contributed by atoms with Gasteiger partial charge in [-0.25, -0.2) is 0 Å². The molecule has 1 heterocycles. The van der Waals surface area contributed by atoms with Crippen LogP contribution in [0, 0.1) is 5.92 Å². The van der Waals surface area contributed by atoms with Crippen LogP contribution in [-0.4, -0.2) is 19.6 Å². The summed E-state index contributed by atoms with van der Waals surface area (Å²) in [5.74, 6) is 0.616. The highest BCUT2D eigenvalue weighted by Crippen LogP contribution is 1.98. The summed E-state index contributed by atoms with van der Waals surface area (Å²) in [6.45, 7) is 3.89. The van der Waals surface area contributed by atoms with Crippen molar-refractivity contribution < 1.29 is 4.74 Å². The molecule has 0 saturated heterocycles. The molecule has 0 fully saturated rings. The first-order valence-corrected chi connectivity index (χ1v) is 2.49. The van der Waals surface area contributed by atoms with Gasteiger partial charge in [-0.15, -0.1) is 0 Å². The minimum absolute atomic E-state index is 0.616. The van der Waals surface area contributed by atoms with Gasteiger partial charge >= 0.3 is 0 Å². The summed E-state index contributed by atoms with van der Waals surface area (Å²) in [7, 11) is 0. The van der Waals surface area contributed by atoms with Gasteiger partial charge in [-0.1, -0.05) is 6.92 Å². The zero-order valence-corrected chi connectivity index (χ0v) is 4.42. The smallest absolute Gasteiger partial charge is 0.169 e. The average molecular weight is 99.1 g/mol. The van der Waals surface area contributed by atoms with Crippen molar-refractivity contribution in [1.29, 1.82) is 0 Å². The molecule has 0 radical (unpaired) electrons. The van der Waals surface area contributed by atoms with Gasteiger partial charge in [0.05, 0.1) is 6.61 Å². The van der Waals surface area contributed by atoms with Crippen molar-refractivity contribution in [3.8, 4) is 0 Å². The molecule has 2 heteroatoms. The molecule has 0 unspecified atom stereocenters. The van der Waals surface area contributed by atoms with Gasteiger partial charge in [0, 0.05) is 12.5 Å². The van der Waals surface area contributed by atoms with E-state index in [-0.39, 0.29) is 0 Å². The quantitative estimate of drug-likeness (QED) is 0.437. The summed E-state index contributed by atoms with van der Waals surface area (Å²) < 4.78 is 4.89. The standard InChI is InChI=1S/C5H9NO/c1-5-2-6-4-7-3-5/h4-5H,2-3H2,1H3/t5-/m0/s1. The fourth-order valence-electron chi connectivity index (χ4n) is 0.536. The Bertz CT molecular complexity index is 80.1. The zero-order valence-electron chi connectivity index (χ0n) is 4.42.